The molecule has 1 N–H and O–H groups in total. The van der Waals surface area contributed by atoms with Gasteiger partial charge in [0, 0.05) is 0 Å². The van der Waals surface area contributed by atoms with Crippen LogP contribution in [0.5, 0.6) is 0 Å². The quantitative estimate of drug-likeness (QED) is 0.837. The fourth-order valence-electron chi connectivity index (χ4n) is 2.20. The molecule has 0 saturated heterocycles. The molecule has 0 unspecified atom stereocenters. The predicted molar refractivity (Wildman–Crippen MR) is 62.1 cm³/mol. The first-order chi connectivity index (χ1) is 7.86. The summed E-state index contributed by atoms with van der Waals surface area (Å²) in [5.41, 5.74) is 3.17. The van der Waals surface area contributed by atoms with E-state index in [-0.39, 0.29) is 6.10 Å². The van der Waals surface area contributed by atoms with Crippen molar-refractivity contribution in [3.05, 3.63) is 34.9 Å². The Balaban J connectivity index is 2.29. The van der Waals surface area contributed by atoms with Crippen molar-refractivity contribution in [2.75, 3.05) is 20.2 Å². The van der Waals surface area contributed by atoms with E-state index in [1.54, 1.807) is 0 Å². The third-order valence-electron chi connectivity index (χ3n) is 3.01. The molecule has 1 aliphatic heterocycles. The number of fused-ring (bicyclic) bond motifs is 1. The zero-order valence-corrected chi connectivity index (χ0v) is 9.49. The van der Waals surface area contributed by atoms with Gasteiger partial charge >= 0.3 is 0 Å². The first-order valence-electron chi connectivity index (χ1n) is 5.65. The summed E-state index contributed by atoms with van der Waals surface area (Å²) < 4.78 is 5.76. The number of benzene rings is 1. The molecule has 1 aromatic carbocycles. The second kappa shape index (κ2) is 5.11. The van der Waals surface area contributed by atoms with E-state index >= 15 is 0 Å². The van der Waals surface area contributed by atoms with E-state index in [9.17, 15) is 0 Å². The van der Waals surface area contributed by atoms with Crippen LogP contribution in [0.15, 0.2) is 18.2 Å². The highest BCUT2D eigenvalue weighted by molar-refractivity contribution is 5.44. The molecule has 0 saturated carbocycles. The van der Waals surface area contributed by atoms with Crippen LogP contribution in [0, 0.1) is 11.3 Å². The van der Waals surface area contributed by atoms with Crippen molar-refractivity contribution in [1.29, 1.82) is 5.26 Å². The van der Waals surface area contributed by atoms with Crippen molar-refractivity contribution in [1.82, 2.24) is 5.32 Å². The van der Waals surface area contributed by atoms with Gasteiger partial charge in [-0.1, -0.05) is 12.1 Å². The smallest absolute Gasteiger partial charge is 0.0994 e. The standard InChI is InChI=1S/C13H16N2O/c1-15-7-5-13-12-4-2-3-10(9-14)11(12)6-8-16-13/h2-4,13,15H,5-8H2,1H3/t13-/m0/s1. The highest BCUT2D eigenvalue weighted by atomic mass is 16.5. The van der Waals surface area contributed by atoms with Crippen LogP contribution in [0.3, 0.4) is 0 Å². The topological polar surface area (TPSA) is 45.0 Å². The predicted octanol–water partition coefficient (Wildman–Crippen LogP) is 1.78. The number of hydrogen-bond acceptors (Lipinski definition) is 3. The number of ether oxygens (including phenoxy) is 1. The van der Waals surface area contributed by atoms with Gasteiger partial charge in [0.05, 0.1) is 24.3 Å². The number of nitrogens with one attached hydrogen (secondary N) is 1. The lowest BCUT2D eigenvalue weighted by molar-refractivity contribution is 0.0370. The van der Waals surface area contributed by atoms with Crippen molar-refractivity contribution in [3.63, 3.8) is 0 Å². The van der Waals surface area contributed by atoms with Crippen molar-refractivity contribution >= 4 is 0 Å². The maximum atomic E-state index is 9.05. The van der Waals surface area contributed by atoms with Crippen LogP contribution in [0.1, 0.15) is 29.2 Å². The molecule has 0 radical (unpaired) electrons. The number of hydrogen-bond donors (Lipinski definition) is 1. The van der Waals surface area contributed by atoms with E-state index in [1.807, 2.05) is 19.2 Å². The van der Waals surface area contributed by atoms with E-state index in [0.29, 0.717) is 0 Å². The van der Waals surface area contributed by atoms with Crippen molar-refractivity contribution in [2.45, 2.75) is 18.9 Å². The molecule has 84 valence electrons. The van der Waals surface area contributed by atoms with Crippen molar-refractivity contribution in [3.8, 4) is 6.07 Å². The van der Waals surface area contributed by atoms with E-state index < -0.39 is 0 Å². The highest BCUT2D eigenvalue weighted by Gasteiger charge is 2.22. The molecule has 0 fully saturated rings. The molecule has 2 rings (SSSR count). The normalized spacial score (nSPS) is 18.9. The van der Waals surface area contributed by atoms with Gasteiger partial charge in [0.15, 0.2) is 0 Å². The van der Waals surface area contributed by atoms with Crippen LogP contribution in [-0.4, -0.2) is 20.2 Å². The molecule has 1 heterocycles. The van der Waals surface area contributed by atoms with Crippen molar-refractivity contribution in [2.24, 2.45) is 0 Å². The first kappa shape index (κ1) is 11.1. The molecule has 1 atom stereocenters. The third kappa shape index (κ3) is 2.08. The molecule has 0 amide bonds. The lowest BCUT2D eigenvalue weighted by atomic mass is 9.92. The Morgan fingerprint density at radius 1 is 1.56 bits per heavy atom. The summed E-state index contributed by atoms with van der Waals surface area (Å²) in [7, 11) is 1.94. The van der Waals surface area contributed by atoms with Gasteiger partial charge in [-0.15, -0.1) is 0 Å². The van der Waals surface area contributed by atoms with E-state index in [2.05, 4.69) is 17.5 Å². The van der Waals surface area contributed by atoms with Crippen LogP contribution in [0.2, 0.25) is 0 Å². The lowest BCUT2D eigenvalue weighted by Gasteiger charge is -2.26. The molecule has 3 nitrogen and oxygen atoms in total. The minimum Gasteiger partial charge on any atom is -0.373 e. The molecular formula is C13H16N2O. The maximum Gasteiger partial charge on any atom is 0.0994 e. The Hall–Kier alpha value is -1.37. The van der Waals surface area contributed by atoms with Crippen molar-refractivity contribution < 1.29 is 4.74 Å². The molecule has 16 heavy (non-hydrogen) atoms. The van der Waals surface area contributed by atoms with Gasteiger partial charge in [-0.25, -0.2) is 0 Å². The Labute approximate surface area is 96.0 Å². The van der Waals surface area contributed by atoms with Crippen LogP contribution in [-0.2, 0) is 11.2 Å². The monoisotopic (exact) mass is 216 g/mol. The fourth-order valence-corrected chi connectivity index (χ4v) is 2.20. The maximum absolute atomic E-state index is 9.05. The number of nitriles is 1. The Morgan fingerprint density at radius 3 is 3.19 bits per heavy atom. The van der Waals surface area contributed by atoms with Gasteiger partial charge in [-0.2, -0.15) is 5.26 Å². The molecule has 1 aromatic rings. The summed E-state index contributed by atoms with van der Waals surface area (Å²) in [6, 6.07) is 8.17. The van der Waals surface area contributed by atoms with Crippen LogP contribution in [0.25, 0.3) is 0 Å². The van der Waals surface area contributed by atoms with Crippen LogP contribution < -0.4 is 5.32 Å². The van der Waals surface area contributed by atoms with Gasteiger partial charge in [-0.3, -0.25) is 0 Å². The van der Waals surface area contributed by atoms with E-state index in [1.165, 1.54) is 11.1 Å². The van der Waals surface area contributed by atoms with E-state index in [0.717, 1.165) is 31.6 Å². The second-order valence-electron chi connectivity index (χ2n) is 3.99. The van der Waals surface area contributed by atoms with Gasteiger partial charge < -0.3 is 10.1 Å². The second-order valence-corrected chi connectivity index (χ2v) is 3.99. The first-order valence-corrected chi connectivity index (χ1v) is 5.65. The third-order valence-corrected chi connectivity index (χ3v) is 3.01. The molecule has 0 aliphatic carbocycles. The van der Waals surface area contributed by atoms with Crippen LogP contribution in [0.4, 0.5) is 0 Å². The minimum atomic E-state index is 0.143. The van der Waals surface area contributed by atoms with Gasteiger partial charge in [0.2, 0.25) is 0 Å². The zero-order valence-electron chi connectivity index (χ0n) is 9.49. The summed E-state index contributed by atoms with van der Waals surface area (Å²) >= 11 is 0. The number of rotatable bonds is 3. The Morgan fingerprint density at radius 2 is 2.44 bits per heavy atom. The van der Waals surface area contributed by atoms with E-state index in [4.69, 9.17) is 10.00 Å². The summed E-state index contributed by atoms with van der Waals surface area (Å²) in [6.07, 6.45) is 1.96. The van der Waals surface area contributed by atoms with Crippen LogP contribution >= 0.6 is 0 Å². The van der Waals surface area contributed by atoms with Gasteiger partial charge in [-0.05, 0) is 43.6 Å². The van der Waals surface area contributed by atoms with Gasteiger partial charge in [0.1, 0.15) is 0 Å². The summed E-state index contributed by atoms with van der Waals surface area (Å²) in [6.45, 7) is 1.65. The Bertz CT molecular complexity index is 409. The summed E-state index contributed by atoms with van der Waals surface area (Å²) in [5, 5.41) is 12.2. The molecule has 3 heteroatoms. The zero-order chi connectivity index (χ0) is 11.4. The number of nitrogens with zero attached hydrogens (tertiary/aromatic N) is 1. The Kier molecular flexibility index (Phi) is 3.55. The molecule has 1 aliphatic rings. The fraction of sp³-hybridized carbons (Fsp3) is 0.462. The highest BCUT2D eigenvalue weighted by Crippen LogP contribution is 2.31. The summed E-state index contributed by atoms with van der Waals surface area (Å²) in [4.78, 5) is 0. The lowest BCUT2D eigenvalue weighted by Crippen LogP contribution is -2.21. The average Bonchev–Trinajstić information content (AvgIpc) is 2.35. The average molecular weight is 216 g/mol. The SMILES string of the molecule is CNCC[C@@H]1OCCc2c(C#N)cccc21. The van der Waals surface area contributed by atoms with Gasteiger partial charge in [0.25, 0.3) is 0 Å². The molecular weight excluding hydrogens is 200 g/mol. The molecule has 0 aromatic heterocycles. The summed E-state index contributed by atoms with van der Waals surface area (Å²) in [5.74, 6) is 0. The largest absolute Gasteiger partial charge is 0.373 e. The minimum absolute atomic E-state index is 0.143. The molecule has 0 spiro atoms. The molecule has 0 bridgehead atoms.